The lowest BCUT2D eigenvalue weighted by molar-refractivity contribution is 0.965. The average Bonchev–Trinajstić information content (AvgIpc) is 2.81. The molecule has 18 heavy (non-hydrogen) atoms. The molecule has 2 aromatic rings. The highest BCUT2D eigenvalue weighted by atomic mass is 32.2. The van der Waals surface area contributed by atoms with Crippen molar-refractivity contribution in [3.05, 3.63) is 29.8 Å². The molecule has 0 bridgehead atoms. The molecule has 0 fully saturated rings. The average molecular weight is 280 g/mol. The van der Waals surface area contributed by atoms with Gasteiger partial charge in [0.15, 0.2) is 4.34 Å². The Balaban J connectivity index is 2.03. The first-order valence-corrected chi connectivity index (χ1v) is 7.30. The lowest BCUT2D eigenvalue weighted by Crippen LogP contribution is -2.07. The van der Waals surface area contributed by atoms with Crippen LogP contribution in [0.1, 0.15) is 5.56 Å². The third-order valence-electron chi connectivity index (χ3n) is 2.34. The fraction of sp³-hybridized carbons (Fsp3) is 0.333. The zero-order valence-electron chi connectivity index (χ0n) is 10.5. The van der Waals surface area contributed by atoms with Crippen LogP contribution < -0.4 is 10.6 Å². The summed E-state index contributed by atoms with van der Waals surface area (Å²) in [6.07, 6.45) is 0.925. The molecule has 0 radical (unpaired) electrons. The summed E-state index contributed by atoms with van der Waals surface area (Å²) in [6, 6.07) is 8.44. The summed E-state index contributed by atoms with van der Waals surface area (Å²) in [5.41, 5.74) is 6.80. The summed E-state index contributed by atoms with van der Waals surface area (Å²) in [5, 5.41) is 9.21. The number of aromatic nitrogens is 2. The second kappa shape index (κ2) is 6.17. The minimum Gasteiger partial charge on any atom is -0.353 e. The van der Waals surface area contributed by atoms with E-state index in [1.54, 1.807) is 23.1 Å². The molecule has 0 spiro atoms. The van der Waals surface area contributed by atoms with Crippen molar-refractivity contribution in [2.24, 2.45) is 5.73 Å². The molecular formula is C12H16N4S2. The lowest BCUT2D eigenvalue weighted by Gasteiger charge is -2.03. The van der Waals surface area contributed by atoms with Gasteiger partial charge in [-0.15, -0.1) is 10.2 Å². The number of nitrogens with zero attached hydrogens (tertiary/aromatic N) is 3. The number of anilines is 1. The number of hydrogen-bond acceptors (Lipinski definition) is 6. The molecule has 2 N–H and O–H groups in total. The van der Waals surface area contributed by atoms with E-state index in [1.165, 1.54) is 10.5 Å². The summed E-state index contributed by atoms with van der Waals surface area (Å²) in [7, 11) is 3.94. The number of nitrogens with two attached hydrogens (primary N) is 1. The minimum atomic E-state index is 0.690. The Hall–Kier alpha value is -1.11. The Morgan fingerprint density at radius 3 is 2.50 bits per heavy atom. The molecule has 0 aliphatic heterocycles. The van der Waals surface area contributed by atoms with Gasteiger partial charge in [-0.3, -0.25) is 0 Å². The van der Waals surface area contributed by atoms with E-state index in [-0.39, 0.29) is 0 Å². The predicted molar refractivity (Wildman–Crippen MR) is 77.6 cm³/mol. The van der Waals surface area contributed by atoms with Crippen LogP contribution in [-0.2, 0) is 6.42 Å². The van der Waals surface area contributed by atoms with E-state index in [1.807, 2.05) is 19.0 Å². The SMILES string of the molecule is CN(C)c1nnc(Sc2ccc(CCN)cc2)s1. The maximum atomic E-state index is 5.53. The maximum Gasteiger partial charge on any atom is 0.208 e. The van der Waals surface area contributed by atoms with Gasteiger partial charge >= 0.3 is 0 Å². The van der Waals surface area contributed by atoms with E-state index in [9.17, 15) is 0 Å². The summed E-state index contributed by atoms with van der Waals surface area (Å²) in [5.74, 6) is 0. The molecule has 0 atom stereocenters. The highest BCUT2D eigenvalue weighted by Gasteiger charge is 2.07. The Bertz CT molecular complexity index is 493. The van der Waals surface area contributed by atoms with Gasteiger partial charge in [0, 0.05) is 19.0 Å². The molecule has 4 nitrogen and oxygen atoms in total. The highest BCUT2D eigenvalue weighted by molar-refractivity contribution is 8.01. The van der Waals surface area contributed by atoms with E-state index in [4.69, 9.17) is 5.73 Å². The van der Waals surface area contributed by atoms with Gasteiger partial charge in [-0.25, -0.2) is 0 Å². The quantitative estimate of drug-likeness (QED) is 0.910. The molecule has 6 heteroatoms. The van der Waals surface area contributed by atoms with Crippen LogP contribution >= 0.6 is 23.1 Å². The minimum absolute atomic E-state index is 0.690. The molecule has 0 aliphatic carbocycles. The van der Waals surface area contributed by atoms with Crippen molar-refractivity contribution in [3.63, 3.8) is 0 Å². The van der Waals surface area contributed by atoms with E-state index in [0.29, 0.717) is 6.54 Å². The van der Waals surface area contributed by atoms with Gasteiger partial charge in [0.05, 0.1) is 0 Å². The molecule has 0 aliphatic rings. The first-order valence-electron chi connectivity index (χ1n) is 5.66. The van der Waals surface area contributed by atoms with Crippen molar-refractivity contribution in [1.82, 2.24) is 10.2 Å². The monoisotopic (exact) mass is 280 g/mol. The molecule has 2 rings (SSSR count). The Labute approximate surface area is 115 Å². The van der Waals surface area contributed by atoms with Gasteiger partial charge in [0.2, 0.25) is 5.13 Å². The van der Waals surface area contributed by atoms with Crippen molar-refractivity contribution >= 4 is 28.2 Å². The van der Waals surface area contributed by atoms with E-state index < -0.39 is 0 Å². The van der Waals surface area contributed by atoms with Gasteiger partial charge in [-0.05, 0) is 30.7 Å². The van der Waals surface area contributed by atoms with E-state index in [2.05, 4.69) is 34.5 Å². The molecule has 0 unspecified atom stereocenters. The van der Waals surface area contributed by atoms with Crippen molar-refractivity contribution in [2.45, 2.75) is 15.7 Å². The molecular weight excluding hydrogens is 264 g/mol. The fourth-order valence-corrected chi connectivity index (χ4v) is 3.15. The third kappa shape index (κ3) is 3.44. The van der Waals surface area contributed by atoms with Crippen molar-refractivity contribution in [1.29, 1.82) is 0 Å². The van der Waals surface area contributed by atoms with Crippen molar-refractivity contribution < 1.29 is 0 Å². The third-order valence-corrected chi connectivity index (χ3v) is 4.49. The summed E-state index contributed by atoms with van der Waals surface area (Å²) in [6.45, 7) is 0.690. The zero-order chi connectivity index (χ0) is 13.0. The Kier molecular flexibility index (Phi) is 4.57. The van der Waals surface area contributed by atoms with E-state index in [0.717, 1.165) is 15.9 Å². The normalized spacial score (nSPS) is 10.6. The zero-order valence-corrected chi connectivity index (χ0v) is 12.1. The number of rotatable bonds is 5. The van der Waals surface area contributed by atoms with Crippen LogP contribution in [-0.4, -0.2) is 30.8 Å². The Morgan fingerprint density at radius 2 is 1.94 bits per heavy atom. The first kappa shape index (κ1) is 13.3. The lowest BCUT2D eigenvalue weighted by atomic mass is 10.2. The van der Waals surface area contributed by atoms with Crippen LogP contribution in [0.3, 0.4) is 0 Å². The predicted octanol–water partition coefficient (Wildman–Crippen LogP) is 2.26. The summed E-state index contributed by atoms with van der Waals surface area (Å²) < 4.78 is 0.963. The maximum absolute atomic E-state index is 5.53. The summed E-state index contributed by atoms with van der Waals surface area (Å²) in [4.78, 5) is 3.14. The topological polar surface area (TPSA) is 55.0 Å². The molecule has 1 heterocycles. The molecule has 1 aromatic carbocycles. The number of benzene rings is 1. The van der Waals surface area contributed by atoms with Crippen LogP contribution in [0.5, 0.6) is 0 Å². The van der Waals surface area contributed by atoms with Gasteiger partial charge in [0.1, 0.15) is 0 Å². The first-order chi connectivity index (χ1) is 8.69. The molecule has 0 saturated carbocycles. The largest absolute Gasteiger partial charge is 0.353 e. The van der Waals surface area contributed by atoms with Gasteiger partial charge in [-0.2, -0.15) is 0 Å². The standard InChI is InChI=1S/C12H16N4S2/c1-16(2)11-14-15-12(18-11)17-10-5-3-9(4-6-10)7-8-13/h3-6H,7-8,13H2,1-2H3. The highest BCUT2D eigenvalue weighted by Crippen LogP contribution is 2.32. The molecule has 0 saturated heterocycles. The fourth-order valence-electron chi connectivity index (χ4n) is 1.42. The molecule has 96 valence electrons. The second-order valence-corrected chi connectivity index (χ2v) is 6.31. The van der Waals surface area contributed by atoms with E-state index >= 15 is 0 Å². The van der Waals surface area contributed by atoms with Crippen LogP contribution in [0.4, 0.5) is 5.13 Å². The van der Waals surface area contributed by atoms with Gasteiger partial charge < -0.3 is 10.6 Å². The molecule has 0 amide bonds. The number of hydrogen-bond donors (Lipinski definition) is 1. The van der Waals surface area contributed by atoms with Crippen molar-refractivity contribution in [2.75, 3.05) is 25.5 Å². The Morgan fingerprint density at radius 1 is 1.22 bits per heavy atom. The van der Waals surface area contributed by atoms with Crippen molar-refractivity contribution in [3.8, 4) is 0 Å². The van der Waals surface area contributed by atoms with Crippen LogP contribution in [0.15, 0.2) is 33.5 Å². The van der Waals surface area contributed by atoms with Crippen LogP contribution in [0.25, 0.3) is 0 Å². The molecule has 1 aromatic heterocycles. The van der Waals surface area contributed by atoms with Gasteiger partial charge in [0.25, 0.3) is 0 Å². The van der Waals surface area contributed by atoms with Crippen LogP contribution in [0.2, 0.25) is 0 Å². The second-order valence-electron chi connectivity index (χ2n) is 4.03. The van der Waals surface area contributed by atoms with Gasteiger partial charge in [-0.1, -0.05) is 35.2 Å². The van der Waals surface area contributed by atoms with Crippen LogP contribution in [0, 0.1) is 0 Å². The smallest absolute Gasteiger partial charge is 0.208 e. The summed E-state index contributed by atoms with van der Waals surface area (Å²) >= 11 is 3.24.